The van der Waals surface area contributed by atoms with E-state index in [9.17, 15) is 4.79 Å². The molecule has 0 bridgehead atoms. The summed E-state index contributed by atoms with van der Waals surface area (Å²) in [4.78, 5) is 22.9. The SMILES string of the molecule is CC(C)(C)C(=O)ON1CCN(c2ccc3[nH]ccc3c2)CC1. The highest BCUT2D eigenvalue weighted by Crippen LogP contribution is 2.23. The number of piperazine rings is 1. The first-order chi connectivity index (χ1) is 10.4. The predicted octanol–water partition coefficient (Wildman–Crippen LogP) is 2.79. The van der Waals surface area contributed by atoms with Crippen molar-refractivity contribution in [2.24, 2.45) is 5.41 Å². The molecule has 22 heavy (non-hydrogen) atoms. The number of rotatable bonds is 2. The van der Waals surface area contributed by atoms with Crippen LogP contribution in [0.3, 0.4) is 0 Å². The summed E-state index contributed by atoms with van der Waals surface area (Å²) in [6.45, 7) is 8.79. The zero-order chi connectivity index (χ0) is 15.7. The maximum absolute atomic E-state index is 11.9. The molecule has 1 fully saturated rings. The largest absolute Gasteiger partial charge is 0.369 e. The summed E-state index contributed by atoms with van der Waals surface area (Å²) in [5.41, 5.74) is 1.91. The molecule has 2 aromatic rings. The first-order valence-electron chi connectivity index (χ1n) is 7.73. The van der Waals surface area contributed by atoms with Gasteiger partial charge in [0.15, 0.2) is 0 Å². The van der Waals surface area contributed by atoms with Crippen molar-refractivity contribution in [2.45, 2.75) is 20.8 Å². The Kier molecular flexibility index (Phi) is 3.83. The molecule has 0 saturated carbocycles. The van der Waals surface area contributed by atoms with Crippen LogP contribution in [0.25, 0.3) is 10.9 Å². The minimum atomic E-state index is -0.462. The minimum Gasteiger partial charge on any atom is -0.369 e. The molecule has 0 radical (unpaired) electrons. The van der Waals surface area contributed by atoms with Crippen molar-refractivity contribution in [3.05, 3.63) is 30.5 Å². The Labute approximate surface area is 130 Å². The molecule has 1 aromatic heterocycles. The number of aromatic amines is 1. The topological polar surface area (TPSA) is 48.6 Å². The Morgan fingerprint density at radius 1 is 1.14 bits per heavy atom. The summed E-state index contributed by atoms with van der Waals surface area (Å²) >= 11 is 0. The van der Waals surface area contributed by atoms with Crippen LogP contribution in [0.4, 0.5) is 5.69 Å². The van der Waals surface area contributed by atoms with Gasteiger partial charge in [0.25, 0.3) is 0 Å². The molecule has 5 heteroatoms. The van der Waals surface area contributed by atoms with Gasteiger partial charge in [-0.25, -0.2) is 4.79 Å². The molecule has 3 rings (SSSR count). The lowest BCUT2D eigenvalue weighted by molar-refractivity contribution is -0.201. The third-order valence-electron chi connectivity index (χ3n) is 3.97. The van der Waals surface area contributed by atoms with Crippen molar-refractivity contribution < 1.29 is 9.63 Å². The van der Waals surface area contributed by atoms with Crippen LogP contribution in [-0.2, 0) is 9.63 Å². The second-order valence-electron chi connectivity index (χ2n) is 6.79. The van der Waals surface area contributed by atoms with Crippen molar-refractivity contribution in [3.63, 3.8) is 0 Å². The average Bonchev–Trinajstić information content (AvgIpc) is 2.94. The Balaban J connectivity index is 1.60. The van der Waals surface area contributed by atoms with Crippen molar-refractivity contribution in [2.75, 3.05) is 31.1 Å². The number of fused-ring (bicyclic) bond motifs is 1. The second kappa shape index (κ2) is 5.65. The average molecular weight is 301 g/mol. The van der Waals surface area contributed by atoms with Crippen LogP contribution in [-0.4, -0.2) is 42.2 Å². The number of anilines is 1. The quantitative estimate of drug-likeness (QED) is 0.926. The van der Waals surface area contributed by atoms with Crippen LogP contribution in [0.2, 0.25) is 0 Å². The number of benzene rings is 1. The Bertz CT molecular complexity index is 664. The summed E-state index contributed by atoms with van der Waals surface area (Å²) in [6.07, 6.45) is 1.96. The summed E-state index contributed by atoms with van der Waals surface area (Å²) in [5.74, 6) is -0.172. The summed E-state index contributed by atoms with van der Waals surface area (Å²) in [7, 11) is 0. The van der Waals surface area contributed by atoms with Crippen molar-refractivity contribution >= 4 is 22.6 Å². The van der Waals surface area contributed by atoms with Gasteiger partial charge in [-0.15, -0.1) is 5.06 Å². The van der Waals surface area contributed by atoms with Gasteiger partial charge in [0.1, 0.15) is 0 Å². The van der Waals surface area contributed by atoms with Gasteiger partial charge in [0, 0.05) is 35.9 Å². The van der Waals surface area contributed by atoms with Crippen LogP contribution in [0.1, 0.15) is 20.8 Å². The van der Waals surface area contributed by atoms with Gasteiger partial charge in [-0.1, -0.05) is 0 Å². The van der Waals surface area contributed by atoms with Gasteiger partial charge in [-0.2, -0.15) is 0 Å². The molecule has 1 saturated heterocycles. The van der Waals surface area contributed by atoms with E-state index in [1.807, 2.05) is 27.0 Å². The number of carbonyl (C=O) groups excluding carboxylic acids is 1. The van der Waals surface area contributed by atoms with E-state index >= 15 is 0 Å². The maximum Gasteiger partial charge on any atom is 0.330 e. The van der Waals surface area contributed by atoms with Crippen molar-refractivity contribution in [1.82, 2.24) is 10.0 Å². The van der Waals surface area contributed by atoms with Crippen LogP contribution < -0.4 is 4.90 Å². The first-order valence-corrected chi connectivity index (χ1v) is 7.73. The number of nitrogens with one attached hydrogen (secondary N) is 1. The van der Waals surface area contributed by atoms with E-state index in [-0.39, 0.29) is 5.97 Å². The Morgan fingerprint density at radius 2 is 1.86 bits per heavy atom. The lowest BCUT2D eigenvalue weighted by atomic mass is 9.98. The molecule has 0 unspecified atom stereocenters. The lowest BCUT2D eigenvalue weighted by Gasteiger charge is -2.35. The number of nitrogens with zero attached hydrogens (tertiary/aromatic N) is 2. The fraction of sp³-hybridized carbons (Fsp3) is 0.471. The lowest BCUT2D eigenvalue weighted by Crippen LogP contribution is -2.48. The minimum absolute atomic E-state index is 0.172. The van der Waals surface area contributed by atoms with Gasteiger partial charge >= 0.3 is 5.97 Å². The van der Waals surface area contributed by atoms with E-state index in [1.54, 1.807) is 5.06 Å². The molecular formula is C17H23N3O2. The summed E-state index contributed by atoms with van der Waals surface area (Å²) in [5, 5.41) is 3.00. The van der Waals surface area contributed by atoms with Gasteiger partial charge < -0.3 is 14.7 Å². The van der Waals surface area contributed by atoms with Gasteiger partial charge in [-0.3, -0.25) is 0 Å². The summed E-state index contributed by atoms with van der Waals surface area (Å²) in [6, 6.07) is 8.52. The third-order valence-corrected chi connectivity index (χ3v) is 3.97. The fourth-order valence-electron chi connectivity index (χ4n) is 2.53. The Hall–Kier alpha value is -2.01. The molecule has 0 spiro atoms. The van der Waals surface area contributed by atoms with Crippen LogP contribution in [0.15, 0.2) is 30.5 Å². The number of hydrogen-bond donors (Lipinski definition) is 1. The smallest absolute Gasteiger partial charge is 0.330 e. The van der Waals surface area contributed by atoms with E-state index in [2.05, 4.69) is 34.1 Å². The molecule has 1 aliphatic heterocycles. The fourth-order valence-corrected chi connectivity index (χ4v) is 2.53. The number of carbonyl (C=O) groups is 1. The molecule has 1 N–H and O–H groups in total. The monoisotopic (exact) mass is 301 g/mol. The molecule has 2 heterocycles. The summed E-state index contributed by atoms with van der Waals surface area (Å²) < 4.78 is 0. The number of H-pyrrole nitrogens is 1. The van der Waals surface area contributed by atoms with Gasteiger partial charge in [-0.05, 0) is 45.0 Å². The van der Waals surface area contributed by atoms with Crippen LogP contribution in [0.5, 0.6) is 0 Å². The van der Waals surface area contributed by atoms with E-state index in [0.717, 1.165) is 31.7 Å². The molecule has 1 aromatic carbocycles. The van der Waals surface area contributed by atoms with E-state index in [4.69, 9.17) is 4.84 Å². The molecule has 118 valence electrons. The molecule has 0 aliphatic carbocycles. The molecule has 5 nitrogen and oxygen atoms in total. The third kappa shape index (κ3) is 3.09. The first kappa shape index (κ1) is 14.9. The Morgan fingerprint density at radius 3 is 2.55 bits per heavy atom. The number of aromatic nitrogens is 1. The van der Waals surface area contributed by atoms with E-state index in [1.165, 1.54) is 11.1 Å². The predicted molar refractivity (Wildman–Crippen MR) is 87.6 cm³/mol. The van der Waals surface area contributed by atoms with Gasteiger partial charge in [0.2, 0.25) is 0 Å². The van der Waals surface area contributed by atoms with Crippen molar-refractivity contribution in [3.8, 4) is 0 Å². The van der Waals surface area contributed by atoms with Gasteiger partial charge in [0.05, 0.1) is 18.5 Å². The number of hydroxylamine groups is 2. The molecular weight excluding hydrogens is 278 g/mol. The maximum atomic E-state index is 11.9. The van der Waals surface area contributed by atoms with Crippen molar-refractivity contribution in [1.29, 1.82) is 0 Å². The molecule has 1 aliphatic rings. The highest BCUT2D eigenvalue weighted by atomic mass is 16.7. The standard InChI is InChI=1S/C17H23N3O2/c1-17(2,3)16(21)22-20-10-8-19(9-11-20)14-4-5-15-13(12-14)6-7-18-15/h4-7,12,18H,8-11H2,1-3H3. The normalized spacial score (nSPS) is 17.0. The highest BCUT2D eigenvalue weighted by Gasteiger charge is 2.27. The van der Waals surface area contributed by atoms with Crippen LogP contribution >= 0.6 is 0 Å². The molecule has 0 atom stereocenters. The van der Waals surface area contributed by atoms with E-state index < -0.39 is 5.41 Å². The zero-order valence-corrected chi connectivity index (χ0v) is 13.4. The molecule has 0 amide bonds. The zero-order valence-electron chi connectivity index (χ0n) is 13.4. The highest BCUT2D eigenvalue weighted by molar-refractivity contribution is 5.83. The van der Waals surface area contributed by atoms with Crippen LogP contribution in [0, 0.1) is 5.41 Å². The van der Waals surface area contributed by atoms with E-state index in [0.29, 0.717) is 0 Å². The number of hydrogen-bond acceptors (Lipinski definition) is 4. The second-order valence-corrected chi connectivity index (χ2v) is 6.79.